The summed E-state index contributed by atoms with van der Waals surface area (Å²) in [5.74, 6) is -1.82. The standard InChI is InChI=1S/C23H27NO6/c1-6-28-21(25)17-9-11-19(12-10-17)24-15(4)13-18(16(24)5)14-20(22(26)29-7-2)23(27)30-8-3/h9-14H,6-8H2,1-5H3. The number of hydrogen-bond donors (Lipinski definition) is 0. The predicted molar refractivity (Wildman–Crippen MR) is 112 cm³/mol. The molecule has 2 aromatic rings. The lowest BCUT2D eigenvalue weighted by atomic mass is 10.1. The summed E-state index contributed by atoms with van der Waals surface area (Å²) in [6.07, 6.45) is 1.49. The molecule has 0 fully saturated rings. The molecule has 0 amide bonds. The molecular weight excluding hydrogens is 386 g/mol. The summed E-state index contributed by atoms with van der Waals surface area (Å²) < 4.78 is 17.0. The highest BCUT2D eigenvalue weighted by atomic mass is 16.6. The van der Waals surface area contributed by atoms with E-state index in [4.69, 9.17) is 14.2 Å². The fraction of sp³-hybridized carbons (Fsp3) is 0.348. The minimum absolute atomic E-state index is 0.154. The molecule has 0 atom stereocenters. The minimum Gasteiger partial charge on any atom is -0.462 e. The number of esters is 3. The lowest BCUT2D eigenvalue weighted by Gasteiger charge is -2.11. The monoisotopic (exact) mass is 413 g/mol. The molecule has 0 saturated heterocycles. The Morgan fingerprint density at radius 3 is 1.90 bits per heavy atom. The van der Waals surface area contributed by atoms with Crippen molar-refractivity contribution in [2.45, 2.75) is 34.6 Å². The lowest BCUT2D eigenvalue weighted by Crippen LogP contribution is -2.18. The number of nitrogens with zero attached hydrogens (tertiary/aromatic N) is 1. The fourth-order valence-corrected chi connectivity index (χ4v) is 3.07. The molecule has 7 nitrogen and oxygen atoms in total. The van der Waals surface area contributed by atoms with Gasteiger partial charge >= 0.3 is 17.9 Å². The smallest absolute Gasteiger partial charge is 0.345 e. The Labute approximate surface area is 176 Å². The maximum atomic E-state index is 12.2. The van der Waals surface area contributed by atoms with Crippen LogP contribution in [0.5, 0.6) is 0 Å². The first-order valence-electron chi connectivity index (χ1n) is 9.86. The fourth-order valence-electron chi connectivity index (χ4n) is 3.07. The van der Waals surface area contributed by atoms with Crippen LogP contribution in [-0.2, 0) is 23.8 Å². The molecule has 7 heteroatoms. The van der Waals surface area contributed by atoms with Gasteiger partial charge in [0.15, 0.2) is 0 Å². The normalized spacial score (nSPS) is 10.3. The second kappa shape index (κ2) is 10.4. The molecular formula is C23H27NO6. The van der Waals surface area contributed by atoms with Crippen LogP contribution in [0, 0.1) is 13.8 Å². The number of rotatable bonds is 8. The number of carbonyl (C=O) groups is 3. The highest BCUT2D eigenvalue weighted by molar-refractivity contribution is 6.17. The van der Waals surface area contributed by atoms with Crippen LogP contribution in [0.25, 0.3) is 11.8 Å². The van der Waals surface area contributed by atoms with Crippen molar-refractivity contribution in [1.29, 1.82) is 0 Å². The van der Waals surface area contributed by atoms with E-state index in [1.807, 2.05) is 36.6 Å². The molecule has 0 aliphatic carbocycles. The van der Waals surface area contributed by atoms with Gasteiger partial charge in [0.05, 0.1) is 25.4 Å². The number of benzene rings is 1. The first-order valence-corrected chi connectivity index (χ1v) is 9.86. The summed E-state index contributed by atoms with van der Waals surface area (Å²) >= 11 is 0. The molecule has 0 N–H and O–H groups in total. The Bertz CT molecular complexity index is 933. The van der Waals surface area contributed by atoms with E-state index in [1.54, 1.807) is 32.9 Å². The molecule has 0 saturated carbocycles. The summed E-state index contributed by atoms with van der Waals surface area (Å²) in [5, 5.41) is 0. The van der Waals surface area contributed by atoms with Crippen molar-refractivity contribution < 1.29 is 28.6 Å². The summed E-state index contributed by atoms with van der Waals surface area (Å²) in [6, 6.07) is 8.90. The van der Waals surface area contributed by atoms with Crippen molar-refractivity contribution in [3.05, 3.63) is 58.4 Å². The van der Waals surface area contributed by atoms with Crippen LogP contribution in [0.1, 0.15) is 48.1 Å². The number of carbonyl (C=O) groups excluding carboxylic acids is 3. The molecule has 0 radical (unpaired) electrons. The van der Waals surface area contributed by atoms with Crippen molar-refractivity contribution >= 4 is 24.0 Å². The van der Waals surface area contributed by atoms with Crippen LogP contribution in [-0.4, -0.2) is 42.3 Å². The van der Waals surface area contributed by atoms with Crippen molar-refractivity contribution in [3.63, 3.8) is 0 Å². The Hall–Kier alpha value is -3.35. The number of hydrogen-bond acceptors (Lipinski definition) is 6. The minimum atomic E-state index is -0.723. The van der Waals surface area contributed by atoms with Gasteiger partial charge in [0.2, 0.25) is 0 Å². The molecule has 1 aromatic carbocycles. The van der Waals surface area contributed by atoms with E-state index in [-0.39, 0.29) is 24.8 Å². The largest absolute Gasteiger partial charge is 0.462 e. The van der Waals surface area contributed by atoms with Crippen LogP contribution in [0.3, 0.4) is 0 Å². The summed E-state index contributed by atoms with van der Waals surface area (Å²) in [4.78, 5) is 36.4. The summed E-state index contributed by atoms with van der Waals surface area (Å²) in [5.41, 5.74) is 3.56. The van der Waals surface area contributed by atoms with E-state index in [1.165, 1.54) is 6.08 Å². The number of ether oxygens (including phenoxy) is 3. The summed E-state index contributed by atoms with van der Waals surface area (Å²) in [6.45, 7) is 9.52. The Balaban J connectivity index is 2.44. The van der Waals surface area contributed by atoms with Gasteiger partial charge in [-0.3, -0.25) is 0 Å². The van der Waals surface area contributed by atoms with Gasteiger partial charge in [-0.1, -0.05) is 0 Å². The van der Waals surface area contributed by atoms with Crippen LogP contribution >= 0.6 is 0 Å². The van der Waals surface area contributed by atoms with Crippen molar-refractivity contribution in [1.82, 2.24) is 4.57 Å². The molecule has 0 aliphatic rings. The maximum absolute atomic E-state index is 12.2. The molecule has 0 bridgehead atoms. The van der Waals surface area contributed by atoms with Gasteiger partial charge in [0.1, 0.15) is 5.57 Å². The predicted octanol–water partition coefficient (Wildman–Crippen LogP) is 3.78. The van der Waals surface area contributed by atoms with Gasteiger partial charge in [0, 0.05) is 17.1 Å². The molecule has 2 rings (SSSR count). The van der Waals surface area contributed by atoms with Crippen LogP contribution in [0.15, 0.2) is 35.9 Å². The van der Waals surface area contributed by atoms with Crippen LogP contribution in [0.4, 0.5) is 0 Å². The molecule has 1 heterocycles. The van der Waals surface area contributed by atoms with Gasteiger partial charge in [-0.2, -0.15) is 0 Å². The zero-order valence-electron chi connectivity index (χ0n) is 18.0. The van der Waals surface area contributed by atoms with E-state index in [0.717, 1.165) is 17.1 Å². The Morgan fingerprint density at radius 2 is 1.40 bits per heavy atom. The van der Waals surface area contributed by atoms with E-state index < -0.39 is 11.9 Å². The van der Waals surface area contributed by atoms with Crippen molar-refractivity contribution in [2.24, 2.45) is 0 Å². The lowest BCUT2D eigenvalue weighted by molar-refractivity contribution is -0.146. The average Bonchev–Trinajstić information content (AvgIpc) is 2.99. The zero-order chi connectivity index (χ0) is 22.3. The quantitative estimate of drug-likeness (QED) is 0.215. The molecule has 0 spiro atoms. The van der Waals surface area contributed by atoms with Gasteiger partial charge < -0.3 is 18.8 Å². The highest BCUT2D eigenvalue weighted by Crippen LogP contribution is 2.24. The van der Waals surface area contributed by atoms with Crippen molar-refractivity contribution in [2.75, 3.05) is 19.8 Å². The molecule has 1 aromatic heterocycles. The van der Waals surface area contributed by atoms with E-state index >= 15 is 0 Å². The van der Waals surface area contributed by atoms with Crippen LogP contribution in [0.2, 0.25) is 0 Å². The SMILES string of the molecule is CCOC(=O)C(=Cc1cc(C)n(-c2ccc(C(=O)OCC)cc2)c1C)C(=O)OCC. The van der Waals surface area contributed by atoms with E-state index in [0.29, 0.717) is 17.7 Å². The van der Waals surface area contributed by atoms with Gasteiger partial charge in [-0.05, 0) is 76.6 Å². The molecule has 30 heavy (non-hydrogen) atoms. The van der Waals surface area contributed by atoms with Gasteiger partial charge in [-0.15, -0.1) is 0 Å². The first-order chi connectivity index (χ1) is 14.3. The van der Waals surface area contributed by atoms with Gasteiger partial charge in [-0.25, -0.2) is 14.4 Å². The molecule has 0 unspecified atom stereocenters. The van der Waals surface area contributed by atoms with E-state index in [2.05, 4.69) is 0 Å². The average molecular weight is 413 g/mol. The third-order valence-electron chi connectivity index (χ3n) is 4.40. The summed E-state index contributed by atoms with van der Waals surface area (Å²) in [7, 11) is 0. The third-order valence-corrected chi connectivity index (χ3v) is 4.40. The van der Waals surface area contributed by atoms with Gasteiger partial charge in [0.25, 0.3) is 0 Å². The Kier molecular flexibility index (Phi) is 7.98. The second-order valence-corrected chi connectivity index (χ2v) is 6.43. The third kappa shape index (κ3) is 5.17. The van der Waals surface area contributed by atoms with Crippen LogP contribution < -0.4 is 0 Å². The topological polar surface area (TPSA) is 83.8 Å². The maximum Gasteiger partial charge on any atom is 0.345 e. The molecule has 0 aliphatic heterocycles. The molecule has 160 valence electrons. The van der Waals surface area contributed by atoms with Crippen molar-refractivity contribution in [3.8, 4) is 5.69 Å². The zero-order valence-corrected chi connectivity index (χ0v) is 18.0. The number of aryl methyl sites for hydroxylation is 1. The Morgan fingerprint density at radius 1 is 0.867 bits per heavy atom. The first kappa shape index (κ1) is 22.9. The highest BCUT2D eigenvalue weighted by Gasteiger charge is 2.22. The van der Waals surface area contributed by atoms with E-state index in [9.17, 15) is 14.4 Å². The second-order valence-electron chi connectivity index (χ2n) is 6.43. The number of aromatic nitrogens is 1.